The number of aromatic nitrogens is 3. The molecule has 0 atom stereocenters. The Kier molecular flexibility index (Phi) is 3.81. The third-order valence-electron chi connectivity index (χ3n) is 2.09. The van der Waals surface area contributed by atoms with Gasteiger partial charge in [0.2, 0.25) is 0 Å². The molecule has 0 bridgehead atoms. The fourth-order valence-corrected chi connectivity index (χ4v) is 2.14. The first kappa shape index (κ1) is 13.8. The van der Waals surface area contributed by atoms with Crippen molar-refractivity contribution in [2.24, 2.45) is 5.84 Å². The molecule has 11 heteroatoms. The molecule has 2 aromatic heterocycles. The van der Waals surface area contributed by atoms with E-state index in [9.17, 15) is 10.1 Å². The molecule has 0 amide bonds. The molecule has 2 heterocycles. The van der Waals surface area contributed by atoms with Crippen LogP contribution in [0.1, 0.15) is 0 Å². The highest BCUT2D eigenvalue weighted by Crippen LogP contribution is 2.28. The molecule has 10 nitrogen and oxygen atoms in total. The number of rotatable bonds is 4. The van der Waals surface area contributed by atoms with Crippen molar-refractivity contribution < 1.29 is 4.92 Å². The van der Waals surface area contributed by atoms with Gasteiger partial charge in [0.05, 0.1) is 11.0 Å². The van der Waals surface area contributed by atoms with Crippen molar-refractivity contribution in [2.75, 3.05) is 16.9 Å². The minimum Gasteiger partial charge on any atom is -0.383 e. The van der Waals surface area contributed by atoms with Crippen LogP contribution < -0.4 is 22.7 Å². The molecule has 104 valence electrons. The Hall–Kier alpha value is -2.66. The van der Waals surface area contributed by atoms with Gasteiger partial charge in [-0.2, -0.15) is 0 Å². The average Bonchev–Trinajstić information content (AvgIpc) is 2.36. The predicted octanol–water partition coefficient (Wildman–Crippen LogP) is 0.381. The van der Waals surface area contributed by atoms with Crippen LogP contribution in [0.3, 0.4) is 0 Å². The Morgan fingerprint density at radius 3 is 2.35 bits per heavy atom. The molecular formula is C9H10N8O2S. The van der Waals surface area contributed by atoms with Crippen LogP contribution in [0.15, 0.2) is 28.4 Å². The summed E-state index contributed by atoms with van der Waals surface area (Å²) < 4.78 is 0. The molecule has 0 radical (unpaired) electrons. The second kappa shape index (κ2) is 5.54. The maximum absolute atomic E-state index is 10.8. The number of hydrogen-bond donors (Lipinski definition) is 4. The smallest absolute Gasteiger partial charge is 0.275 e. The molecule has 0 saturated carbocycles. The molecule has 2 rings (SSSR count). The molecule has 2 aromatic rings. The topological polar surface area (TPSA) is 172 Å². The summed E-state index contributed by atoms with van der Waals surface area (Å²) in [5.74, 6) is 5.76. The highest BCUT2D eigenvalue weighted by Gasteiger charge is 2.13. The minimum atomic E-state index is -0.554. The van der Waals surface area contributed by atoms with E-state index in [1.165, 1.54) is 18.2 Å². The molecule has 0 fully saturated rings. The van der Waals surface area contributed by atoms with Crippen molar-refractivity contribution in [1.29, 1.82) is 0 Å². The molecule has 0 unspecified atom stereocenters. The van der Waals surface area contributed by atoms with Crippen LogP contribution in [0.4, 0.5) is 23.1 Å². The number of hydrazine groups is 1. The molecule has 0 aromatic carbocycles. The third-order valence-corrected chi connectivity index (χ3v) is 2.87. The van der Waals surface area contributed by atoms with Crippen LogP contribution in [-0.4, -0.2) is 19.9 Å². The largest absolute Gasteiger partial charge is 0.383 e. The SMILES string of the molecule is NNc1cc([N+](=O)[O-])cc(Sc2nc(N)cc(N)n2)n1. The lowest BCUT2D eigenvalue weighted by molar-refractivity contribution is -0.385. The molecule has 20 heavy (non-hydrogen) atoms. The Morgan fingerprint density at radius 1 is 1.15 bits per heavy atom. The van der Waals surface area contributed by atoms with Crippen molar-refractivity contribution in [3.63, 3.8) is 0 Å². The lowest BCUT2D eigenvalue weighted by Crippen LogP contribution is -2.09. The first-order valence-electron chi connectivity index (χ1n) is 5.19. The normalized spacial score (nSPS) is 10.2. The summed E-state index contributed by atoms with van der Waals surface area (Å²) in [6.45, 7) is 0. The standard InChI is InChI=1S/C9H10N8O2S/c10-5-3-6(11)14-9(13-5)20-8-2-4(17(18)19)1-7(15-8)16-12/h1-3H,12H2,(H,15,16)(H4,10,11,13,14). The van der Waals surface area contributed by atoms with Gasteiger partial charge in [0.1, 0.15) is 22.5 Å². The van der Waals surface area contributed by atoms with Crippen LogP contribution in [-0.2, 0) is 0 Å². The number of anilines is 3. The number of nitrogens with one attached hydrogen (secondary N) is 1. The van der Waals surface area contributed by atoms with E-state index in [1.807, 2.05) is 0 Å². The van der Waals surface area contributed by atoms with Gasteiger partial charge in [0, 0.05) is 12.1 Å². The van der Waals surface area contributed by atoms with Gasteiger partial charge < -0.3 is 16.9 Å². The van der Waals surface area contributed by atoms with Gasteiger partial charge in [-0.25, -0.2) is 20.8 Å². The van der Waals surface area contributed by atoms with Crippen LogP contribution in [0, 0.1) is 10.1 Å². The van der Waals surface area contributed by atoms with E-state index >= 15 is 0 Å². The number of nitrogens with zero attached hydrogens (tertiary/aromatic N) is 4. The van der Waals surface area contributed by atoms with Gasteiger partial charge in [-0.1, -0.05) is 0 Å². The van der Waals surface area contributed by atoms with Crippen LogP contribution in [0.25, 0.3) is 0 Å². The first-order chi connectivity index (χ1) is 9.47. The van der Waals surface area contributed by atoms with E-state index in [4.69, 9.17) is 17.3 Å². The quantitative estimate of drug-likeness (QED) is 0.267. The molecular weight excluding hydrogens is 284 g/mol. The molecule has 7 N–H and O–H groups in total. The molecule has 0 aliphatic rings. The summed E-state index contributed by atoms with van der Waals surface area (Å²) in [6, 6.07) is 3.88. The fraction of sp³-hybridized carbons (Fsp3) is 0. The first-order valence-corrected chi connectivity index (χ1v) is 6.00. The Morgan fingerprint density at radius 2 is 1.80 bits per heavy atom. The zero-order chi connectivity index (χ0) is 14.7. The van der Waals surface area contributed by atoms with Crippen molar-refractivity contribution in [2.45, 2.75) is 10.2 Å². The van der Waals surface area contributed by atoms with Gasteiger partial charge in [-0.05, 0) is 11.8 Å². The Balaban J connectivity index is 2.37. The number of nitrogens with two attached hydrogens (primary N) is 3. The maximum Gasteiger partial charge on any atom is 0.275 e. The summed E-state index contributed by atoms with van der Waals surface area (Å²) in [5.41, 5.74) is 13.2. The monoisotopic (exact) mass is 294 g/mol. The number of nitro groups is 1. The predicted molar refractivity (Wildman–Crippen MR) is 73.7 cm³/mol. The lowest BCUT2D eigenvalue weighted by Gasteiger charge is -2.04. The third kappa shape index (κ3) is 3.21. The molecule has 0 aliphatic heterocycles. The van der Waals surface area contributed by atoms with Gasteiger partial charge in [0.25, 0.3) is 5.69 Å². The van der Waals surface area contributed by atoms with Crippen molar-refractivity contribution >= 4 is 34.9 Å². The van der Waals surface area contributed by atoms with Crippen molar-refractivity contribution in [3.8, 4) is 0 Å². The van der Waals surface area contributed by atoms with Gasteiger partial charge in [-0.3, -0.25) is 10.1 Å². The Labute approximate surface area is 116 Å². The zero-order valence-corrected chi connectivity index (χ0v) is 10.8. The van der Waals surface area contributed by atoms with Crippen LogP contribution >= 0.6 is 11.8 Å². The number of pyridine rings is 1. The molecule has 0 aliphatic carbocycles. The van der Waals surface area contributed by atoms with Gasteiger partial charge >= 0.3 is 0 Å². The second-order valence-electron chi connectivity index (χ2n) is 3.55. The Bertz CT molecular complexity index is 644. The maximum atomic E-state index is 10.8. The van der Waals surface area contributed by atoms with Gasteiger partial charge in [-0.15, -0.1) is 0 Å². The molecule has 0 spiro atoms. The van der Waals surface area contributed by atoms with Crippen molar-refractivity contribution in [3.05, 3.63) is 28.3 Å². The summed E-state index contributed by atoms with van der Waals surface area (Å²) >= 11 is 0.984. The highest BCUT2D eigenvalue weighted by atomic mass is 32.2. The van der Waals surface area contributed by atoms with Crippen LogP contribution in [0.5, 0.6) is 0 Å². The number of nitrogen functional groups attached to an aromatic ring is 3. The second-order valence-corrected chi connectivity index (χ2v) is 4.54. The van der Waals surface area contributed by atoms with Crippen LogP contribution in [0.2, 0.25) is 0 Å². The van der Waals surface area contributed by atoms with E-state index in [2.05, 4.69) is 20.4 Å². The lowest BCUT2D eigenvalue weighted by atomic mass is 10.4. The fourth-order valence-electron chi connectivity index (χ4n) is 1.32. The average molecular weight is 294 g/mol. The van der Waals surface area contributed by atoms with E-state index in [0.29, 0.717) is 0 Å². The van der Waals surface area contributed by atoms with Crippen molar-refractivity contribution in [1.82, 2.24) is 15.0 Å². The molecule has 0 saturated heterocycles. The van der Waals surface area contributed by atoms with E-state index in [0.717, 1.165) is 11.8 Å². The zero-order valence-electron chi connectivity index (χ0n) is 9.98. The van der Waals surface area contributed by atoms with E-state index in [1.54, 1.807) is 0 Å². The van der Waals surface area contributed by atoms with Gasteiger partial charge in [0.15, 0.2) is 5.16 Å². The highest BCUT2D eigenvalue weighted by molar-refractivity contribution is 7.99. The minimum absolute atomic E-state index is 0.151. The van der Waals surface area contributed by atoms with E-state index in [-0.39, 0.29) is 33.3 Å². The summed E-state index contributed by atoms with van der Waals surface area (Å²) in [7, 11) is 0. The van der Waals surface area contributed by atoms with E-state index < -0.39 is 4.92 Å². The summed E-state index contributed by atoms with van der Waals surface area (Å²) in [4.78, 5) is 22.2. The summed E-state index contributed by atoms with van der Waals surface area (Å²) in [5, 5.41) is 11.3. The summed E-state index contributed by atoms with van der Waals surface area (Å²) in [6.07, 6.45) is 0. The number of hydrogen-bond acceptors (Lipinski definition) is 10.